The first-order chi connectivity index (χ1) is 11.2. The van der Waals surface area contributed by atoms with Gasteiger partial charge in [-0.15, -0.1) is 11.3 Å². The molecule has 3 nitrogen and oxygen atoms in total. The fraction of sp³-hybridized carbons (Fsp3) is 0.278. The first-order valence-corrected chi connectivity index (χ1v) is 9.24. The van der Waals surface area contributed by atoms with Crippen LogP contribution in [0.15, 0.2) is 46.9 Å². The lowest BCUT2D eigenvalue weighted by Crippen LogP contribution is -2.39. The van der Waals surface area contributed by atoms with Crippen molar-refractivity contribution in [1.82, 2.24) is 5.32 Å². The lowest BCUT2D eigenvalue weighted by Gasteiger charge is -2.22. The van der Waals surface area contributed by atoms with Crippen molar-refractivity contribution in [2.75, 3.05) is 13.2 Å². The molecule has 1 aliphatic rings. The van der Waals surface area contributed by atoms with Gasteiger partial charge in [-0.2, -0.15) is 0 Å². The molecular weight excluding hydrogens is 374 g/mol. The Morgan fingerprint density at radius 3 is 2.83 bits per heavy atom. The van der Waals surface area contributed by atoms with Gasteiger partial charge in [-0.25, -0.2) is 0 Å². The normalized spacial score (nSPS) is 18.2. The van der Waals surface area contributed by atoms with Crippen LogP contribution in [0.1, 0.15) is 17.7 Å². The van der Waals surface area contributed by atoms with E-state index in [9.17, 15) is 4.79 Å². The van der Waals surface area contributed by atoms with Gasteiger partial charge in [-0.1, -0.05) is 28.1 Å². The second-order valence-electron chi connectivity index (χ2n) is 5.46. The Labute approximate surface area is 148 Å². The van der Waals surface area contributed by atoms with Crippen molar-refractivity contribution in [2.24, 2.45) is 0 Å². The van der Waals surface area contributed by atoms with Crippen molar-refractivity contribution >= 4 is 39.2 Å². The number of halogens is 1. The lowest BCUT2D eigenvalue weighted by molar-refractivity contribution is -0.118. The van der Waals surface area contributed by atoms with Gasteiger partial charge in [0.15, 0.2) is 0 Å². The highest BCUT2D eigenvalue weighted by Gasteiger charge is 2.14. The molecule has 5 heteroatoms. The van der Waals surface area contributed by atoms with E-state index >= 15 is 0 Å². The number of thiophene rings is 1. The van der Waals surface area contributed by atoms with E-state index in [1.807, 2.05) is 24.3 Å². The van der Waals surface area contributed by atoms with Crippen LogP contribution in [0, 0.1) is 0 Å². The molecule has 1 fully saturated rings. The van der Waals surface area contributed by atoms with Crippen LogP contribution in [0.2, 0.25) is 0 Å². The van der Waals surface area contributed by atoms with Crippen LogP contribution >= 0.6 is 27.3 Å². The number of hydrogen-bond donors (Lipinski definition) is 1. The van der Waals surface area contributed by atoms with Gasteiger partial charge in [-0.05, 0) is 48.7 Å². The summed E-state index contributed by atoms with van der Waals surface area (Å²) in [6.07, 6.45) is 5.47. The molecule has 2 aromatic rings. The summed E-state index contributed by atoms with van der Waals surface area (Å²) in [5, 5.41) is 2.98. The van der Waals surface area contributed by atoms with Crippen molar-refractivity contribution in [3.63, 3.8) is 0 Å². The average molecular weight is 392 g/mol. The largest absolute Gasteiger partial charge is 0.379 e. The SMILES string of the molecule is O=C(/C=C/c1ccc(-c2ccc(Br)cc2)s1)NC1CCCOC1. The predicted molar refractivity (Wildman–Crippen MR) is 98.5 cm³/mol. The molecule has 0 spiro atoms. The van der Waals surface area contributed by atoms with Crippen LogP contribution in [0.5, 0.6) is 0 Å². The number of carbonyl (C=O) groups excluding carboxylic acids is 1. The van der Waals surface area contributed by atoms with Crippen LogP contribution in [0.4, 0.5) is 0 Å². The minimum atomic E-state index is -0.0564. The molecule has 2 heterocycles. The van der Waals surface area contributed by atoms with Crippen LogP contribution in [-0.2, 0) is 9.53 Å². The molecule has 1 aromatic heterocycles. The molecule has 1 amide bonds. The molecule has 1 aromatic carbocycles. The van der Waals surface area contributed by atoms with Crippen molar-refractivity contribution < 1.29 is 9.53 Å². The van der Waals surface area contributed by atoms with Crippen molar-refractivity contribution in [2.45, 2.75) is 18.9 Å². The Morgan fingerprint density at radius 2 is 2.09 bits per heavy atom. The number of hydrogen-bond acceptors (Lipinski definition) is 3. The molecule has 3 rings (SSSR count). The number of rotatable bonds is 4. The van der Waals surface area contributed by atoms with E-state index in [-0.39, 0.29) is 11.9 Å². The van der Waals surface area contributed by atoms with E-state index in [0.717, 1.165) is 28.8 Å². The van der Waals surface area contributed by atoms with Gasteiger partial charge in [0.05, 0.1) is 12.6 Å². The van der Waals surface area contributed by atoms with Crippen molar-refractivity contribution in [3.8, 4) is 10.4 Å². The summed E-state index contributed by atoms with van der Waals surface area (Å²) in [5.74, 6) is -0.0564. The lowest BCUT2D eigenvalue weighted by atomic mass is 10.1. The zero-order valence-corrected chi connectivity index (χ0v) is 15.0. The van der Waals surface area contributed by atoms with Crippen LogP contribution < -0.4 is 5.32 Å². The van der Waals surface area contributed by atoms with Gasteiger partial charge < -0.3 is 10.1 Å². The topological polar surface area (TPSA) is 38.3 Å². The highest BCUT2D eigenvalue weighted by molar-refractivity contribution is 9.10. The summed E-state index contributed by atoms with van der Waals surface area (Å²) in [6.45, 7) is 1.42. The molecular formula is C18H18BrNO2S. The Bertz CT molecular complexity index is 687. The van der Waals surface area contributed by atoms with E-state index < -0.39 is 0 Å². The number of amides is 1. The Morgan fingerprint density at radius 1 is 1.26 bits per heavy atom. The maximum atomic E-state index is 11.9. The zero-order chi connectivity index (χ0) is 16.1. The van der Waals surface area contributed by atoms with Crippen molar-refractivity contribution in [3.05, 3.63) is 51.8 Å². The maximum Gasteiger partial charge on any atom is 0.244 e. The van der Waals surface area contributed by atoms with Gasteiger partial charge in [0.2, 0.25) is 5.91 Å². The Kier molecular flexibility index (Phi) is 5.65. The molecule has 1 N–H and O–H groups in total. The highest BCUT2D eigenvalue weighted by Crippen LogP contribution is 2.29. The molecule has 1 aliphatic heterocycles. The van der Waals surface area contributed by atoms with Crippen LogP contribution in [0.3, 0.4) is 0 Å². The molecule has 0 saturated carbocycles. The van der Waals surface area contributed by atoms with Gasteiger partial charge in [0, 0.05) is 26.9 Å². The Balaban J connectivity index is 1.59. The number of carbonyl (C=O) groups is 1. The monoisotopic (exact) mass is 391 g/mol. The maximum absolute atomic E-state index is 11.9. The summed E-state index contributed by atoms with van der Waals surface area (Å²) >= 11 is 5.12. The summed E-state index contributed by atoms with van der Waals surface area (Å²) in [6, 6.07) is 12.5. The average Bonchev–Trinajstić information content (AvgIpc) is 3.04. The second-order valence-corrected chi connectivity index (χ2v) is 7.50. The Hall–Kier alpha value is -1.43. The molecule has 120 valence electrons. The molecule has 0 aliphatic carbocycles. The predicted octanol–water partition coefficient (Wildman–Crippen LogP) is 4.49. The van der Waals surface area contributed by atoms with Gasteiger partial charge in [0.25, 0.3) is 0 Å². The van der Waals surface area contributed by atoms with E-state index in [0.29, 0.717) is 6.61 Å². The van der Waals surface area contributed by atoms with E-state index in [1.165, 1.54) is 10.4 Å². The summed E-state index contributed by atoms with van der Waals surface area (Å²) in [7, 11) is 0. The molecule has 1 saturated heterocycles. The minimum absolute atomic E-state index is 0.0564. The molecule has 0 radical (unpaired) electrons. The van der Waals surface area contributed by atoms with E-state index in [2.05, 4.69) is 39.4 Å². The quantitative estimate of drug-likeness (QED) is 0.779. The van der Waals surface area contributed by atoms with E-state index in [1.54, 1.807) is 17.4 Å². The molecule has 1 unspecified atom stereocenters. The summed E-state index contributed by atoms with van der Waals surface area (Å²) < 4.78 is 6.44. The smallest absolute Gasteiger partial charge is 0.244 e. The number of nitrogens with one attached hydrogen (secondary N) is 1. The standard InChI is InChI=1S/C18H18BrNO2S/c19-14-5-3-13(4-6-14)17-9-7-16(23-17)8-10-18(21)20-15-2-1-11-22-12-15/h3-10,15H,1-2,11-12H2,(H,20,21)/b10-8+. The van der Waals surface area contributed by atoms with Gasteiger partial charge in [0.1, 0.15) is 0 Å². The van der Waals surface area contributed by atoms with E-state index in [4.69, 9.17) is 4.74 Å². The third kappa shape index (κ3) is 4.77. The fourth-order valence-corrected chi connectivity index (χ4v) is 3.65. The third-order valence-corrected chi connectivity index (χ3v) is 5.29. The highest BCUT2D eigenvalue weighted by atomic mass is 79.9. The second kappa shape index (κ2) is 7.90. The summed E-state index contributed by atoms with van der Waals surface area (Å²) in [5.41, 5.74) is 1.18. The number of benzene rings is 1. The first kappa shape index (κ1) is 16.4. The molecule has 1 atom stereocenters. The van der Waals surface area contributed by atoms with Gasteiger partial charge >= 0.3 is 0 Å². The van der Waals surface area contributed by atoms with Gasteiger partial charge in [-0.3, -0.25) is 4.79 Å². The summed E-state index contributed by atoms with van der Waals surface area (Å²) in [4.78, 5) is 14.2. The number of ether oxygens (including phenoxy) is 1. The molecule has 23 heavy (non-hydrogen) atoms. The third-order valence-electron chi connectivity index (χ3n) is 3.66. The van der Waals surface area contributed by atoms with Crippen LogP contribution in [-0.4, -0.2) is 25.2 Å². The zero-order valence-electron chi connectivity index (χ0n) is 12.6. The molecule has 0 bridgehead atoms. The van der Waals surface area contributed by atoms with Crippen molar-refractivity contribution in [1.29, 1.82) is 0 Å². The first-order valence-electron chi connectivity index (χ1n) is 7.63. The minimum Gasteiger partial charge on any atom is -0.379 e. The fourth-order valence-electron chi connectivity index (χ4n) is 2.47. The van der Waals surface area contributed by atoms with Crippen LogP contribution in [0.25, 0.3) is 16.5 Å².